The summed E-state index contributed by atoms with van der Waals surface area (Å²) in [6.45, 7) is 9.69. The number of hydrogen-bond acceptors (Lipinski definition) is 6. The minimum Gasteiger partial charge on any atom is -0.399 e. The molecular formula is C21H25BF3N3O3S. The maximum absolute atomic E-state index is 13.1. The monoisotopic (exact) mass is 467 g/mol. The Morgan fingerprint density at radius 3 is 2.34 bits per heavy atom. The van der Waals surface area contributed by atoms with E-state index in [2.05, 4.69) is 10.2 Å². The number of nitrogens with zero attached hydrogens (tertiary/aromatic N) is 3. The fourth-order valence-electron chi connectivity index (χ4n) is 3.16. The lowest BCUT2D eigenvalue weighted by molar-refractivity contribution is -0.137. The van der Waals surface area contributed by atoms with Crippen LogP contribution in [0.15, 0.2) is 30.5 Å². The zero-order valence-electron chi connectivity index (χ0n) is 18.8. The molecular weight excluding hydrogens is 442 g/mol. The van der Waals surface area contributed by atoms with Gasteiger partial charge >= 0.3 is 13.3 Å². The Labute approximate surface area is 190 Å². The normalized spacial score (nSPS) is 17.5. The highest BCUT2D eigenvalue weighted by Crippen LogP contribution is 2.37. The molecule has 0 saturated carbocycles. The third-order valence-corrected chi connectivity index (χ3v) is 6.30. The summed E-state index contributed by atoms with van der Waals surface area (Å²) in [5.41, 5.74) is -0.338. The second-order valence-electron chi connectivity index (χ2n) is 8.61. The van der Waals surface area contributed by atoms with Gasteiger partial charge in [-0.3, -0.25) is 9.69 Å². The molecule has 1 aromatic carbocycles. The fourth-order valence-corrected chi connectivity index (χ4v) is 3.69. The van der Waals surface area contributed by atoms with E-state index in [4.69, 9.17) is 9.31 Å². The van der Waals surface area contributed by atoms with E-state index in [1.54, 1.807) is 18.4 Å². The van der Waals surface area contributed by atoms with Crippen LogP contribution in [0.4, 0.5) is 18.9 Å². The van der Waals surface area contributed by atoms with E-state index in [0.717, 1.165) is 11.0 Å². The van der Waals surface area contributed by atoms with Crippen molar-refractivity contribution in [3.63, 3.8) is 0 Å². The Morgan fingerprint density at radius 2 is 1.78 bits per heavy atom. The van der Waals surface area contributed by atoms with Gasteiger partial charge in [-0.1, -0.05) is 11.6 Å². The molecule has 0 spiro atoms. The Morgan fingerprint density at radius 1 is 1.16 bits per heavy atom. The second kappa shape index (κ2) is 8.68. The van der Waals surface area contributed by atoms with Crippen LogP contribution in [-0.4, -0.2) is 46.6 Å². The van der Waals surface area contributed by atoms with E-state index in [-0.39, 0.29) is 11.6 Å². The first-order valence-corrected chi connectivity index (χ1v) is 11.3. The number of amides is 1. The highest BCUT2D eigenvalue weighted by atomic mass is 32.2. The standard InChI is InChI=1S/C21H25BF3N3O3S/c1-13-7-8-15(10-16(13)22-30-19(2,3)20(4,5)31-22)28(12-32-6)18(29)17-9-14(11-26-27-17)21(23,24)25/h7-11H,12H2,1-6H3. The summed E-state index contributed by atoms with van der Waals surface area (Å²) in [4.78, 5) is 14.5. The number of thioether (sulfide) groups is 1. The number of alkyl halides is 3. The van der Waals surface area contributed by atoms with Crippen molar-refractivity contribution < 1.29 is 27.3 Å². The number of carbonyl (C=O) groups excluding carboxylic acids is 1. The third-order valence-electron chi connectivity index (χ3n) is 5.79. The topological polar surface area (TPSA) is 64.6 Å². The summed E-state index contributed by atoms with van der Waals surface area (Å²) in [5, 5.41) is 7.01. The Bertz CT molecular complexity index is 1000. The van der Waals surface area contributed by atoms with E-state index in [1.807, 2.05) is 40.7 Å². The molecule has 0 radical (unpaired) electrons. The number of aryl methyl sites for hydroxylation is 1. The van der Waals surface area contributed by atoms with Gasteiger partial charge in [-0.2, -0.15) is 18.3 Å². The molecule has 1 fully saturated rings. The van der Waals surface area contributed by atoms with Crippen molar-refractivity contribution in [3.05, 3.63) is 47.3 Å². The average Bonchev–Trinajstić information content (AvgIpc) is 2.92. The van der Waals surface area contributed by atoms with Gasteiger partial charge in [0.1, 0.15) is 0 Å². The number of rotatable bonds is 5. The minimum atomic E-state index is -4.62. The van der Waals surface area contributed by atoms with E-state index in [1.165, 1.54) is 16.7 Å². The highest BCUT2D eigenvalue weighted by Gasteiger charge is 2.52. The Hall–Kier alpha value is -2.11. The summed E-state index contributed by atoms with van der Waals surface area (Å²) in [6, 6.07) is 6.05. The number of hydrogen-bond donors (Lipinski definition) is 0. The Kier molecular flexibility index (Phi) is 6.66. The van der Waals surface area contributed by atoms with E-state index in [9.17, 15) is 18.0 Å². The first kappa shape index (κ1) is 24.5. The van der Waals surface area contributed by atoms with Crippen molar-refractivity contribution in [2.45, 2.75) is 52.0 Å². The molecule has 1 amide bonds. The van der Waals surface area contributed by atoms with E-state index in [0.29, 0.717) is 18.0 Å². The number of benzene rings is 1. The predicted molar refractivity (Wildman–Crippen MR) is 119 cm³/mol. The molecule has 0 bridgehead atoms. The summed E-state index contributed by atoms with van der Waals surface area (Å²) >= 11 is 1.35. The molecule has 6 nitrogen and oxygen atoms in total. The van der Waals surface area contributed by atoms with E-state index >= 15 is 0 Å². The van der Waals surface area contributed by atoms with Crippen LogP contribution in [-0.2, 0) is 15.5 Å². The highest BCUT2D eigenvalue weighted by molar-refractivity contribution is 7.98. The van der Waals surface area contributed by atoms with Gasteiger partial charge in [0.2, 0.25) is 0 Å². The van der Waals surface area contributed by atoms with Crippen molar-refractivity contribution in [2.24, 2.45) is 0 Å². The maximum Gasteiger partial charge on any atom is 0.495 e. The largest absolute Gasteiger partial charge is 0.495 e. The summed E-state index contributed by atoms with van der Waals surface area (Å²) in [6.07, 6.45) is -2.23. The van der Waals surface area contributed by atoms with Crippen LogP contribution in [0.25, 0.3) is 0 Å². The summed E-state index contributed by atoms with van der Waals surface area (Å²) in [5.74, 6) is -0.468. The average molecular weight is 467 g/mol. The molecule has 172 valence electrons. The van der Waals surface area contributed by atoms with Crippen LogP contribution in [0.1, 0.15) is 49.3 Å². The first-order chi connectivity index (χ1) is 14.8. The van der Waals surface area contributed by atoms with Crippen molar-refractivity contribution >= 4 is 35.9 Å². The van der Waals surface area contributed by atoms with Crippen molar-refractivity contribution in [1.29, 1.82) is 0 Å². The number of halogens is 3. The predicted octanol–water partition coefficient (Wildman–Crippen LogP) is 4.07. The van der Waals surface area contributed by atoms with Gasteiger partial charge in [0.25, 0.3) is 5.91 Å². The SMILES string of the molecule is CSCN(C(=O)c1cc(C(F)(F)F)cnn1)c1ccc(C)c(B2OC(C)(C)C(C)(C)O2)c1. The van der Waals surface area contributed by atoms with Gasteiger partial charge < -0.3 is 9.31 Å². The van der Waals surface area contributed by atoms with Crippen LogP contribution in [0.5, 0.6) is 0 Å². The molecule has 1 aromatic heterocycles. The lowest BCUT2D eigenvalue weighted by atomic mass is 9.76. The molecule has 3 rings (SSSR count). The third kappa shape index (κ3) is 4.79. The number of aromatic nitrogens is 2. The molecule has 0 atom stereocenters. The van der Waals surface area contributed by atoms with Crippen molar-refractivity contribution in [1.82, 2.24) is 10.2 Å². The number of anilines is 1. The van der Waals surface area contributed by atoms with Crippen LogP contribution in [0.2, 0.25) is 0 Å². The zero-order chi connectivity index (χ0) is 23.9. The lowest BCUT2D eigenvalue weighted by Crippen LogP contribution is -2.41. The molecule has 32 heavy (non-hydrogen) atoms. The fraction of sp³-hybridized carbons (Fsp3) is 0.476. The minimum absolute atomic E-state index is 0.211. The van der Waals surface area contributed by atoms with Gasteiger partial charge in [0.05, 0.1) is 28.8 Å². The van der Waals surface area contributed by atoms with Crippen LogP contribution in [0, 0.1) is 6.92 Å². The zero-order valence-corrected chi connectivity index (χ0v) is 19.6. The maximum atomic E-state index is 13.1. The molecule has 2 heterocycles. The molecule has 0 N–H and O–H groups in total. The number of carbonyl (C=O) groups is 1. The van der Waals surface area contributed by atoms with Gasteiger partial charge in [-0.25, -0.2) is 0 Å². The van der Waals surface area contributed by atoms with Gasteiger partial charge in [0.15, 0.2) is 5.69 Å². The van der Waals surface area contributed by atoms with Crippen molar-refractivity contribution in [3.8, 4) is 0 Å². The summed E-state index contributed by atoms with van der Waals surface area (Å²) < 4.78 is 51.5. The lowest BCUT2D eigenvalue weighted by Gasteiger charge is -2.32. The quantitative estimate of drug-likeness (QED) is 0.488. The van der Waals surface area contributed by atoms with Crippen LogP contribution < -0.4 is 10.4 Å². The smallest absolute Gasteiger partial charge is 0.399 e. The molecule has 0 unspecified atom stereocenters. The molecule has 1 saturated heterocycles. The van der Waals surface area contributed by atoms with Gasteiger partial charge in [-0.05, 0) is 64.5 Å². The Balaban J connectivity index is 1.98. The van der Waals surface area contributed by atoms with Crippen LogP contribution >= 0.6 is 11.8 Å². The van der Waals surface area contributed by atoms with Crippen molar-refractivity contribution in [2.75, 3.05) is 17.0 Å². The molecule has 1 aliphatic rings. The molecule has 11 heteroatoms. The molecule has 1 aliphatic heterocycles. The second-order valence-corrected chi connectivity index (χ2v) is 9.44. The van der Waals surface area contributed by atoms with Gasteiger partial charge in [-0.15, -0.1) is 16.9 Å². The van der Waals surface area contributed by atoms with Gasteiger partial charge in [0, 0.05) is 5.69 Å². The molecule has 2 aromatic rings. The van der Waals surface area contributed by atoms with Crippen LogP contribution in [0.3, 0.4) is 0 Å². The summed E-state index contributed by atoms with van der Waals surface area (Å²) in [7, 11) is -0.639. The first-order valence-electron chi connectivity index (χ1n) is 9.94. The van der Waals surface area contributed by atoms with E-state index < -0.39 is 36.0 Å². The molecule has 0 aliphatic carbocycles.